The molecule has 3 heteroatoms. The average molecular weight is 292 g/mol. The third-order valence-electron chi connectivity index (χ3n) is 5.15. The van der Waals surface area contributed by atoms with E-state index in [0.29, 0.717) is 12.5 Å². The molecule has 2 aliphatic rings. The minimum absolute atomic E-state index is 0.287. The standard InChI is InChI=1S/C18H32N2O/c1-15-8-6-7-11-17(15)19-13-12-18(21)20(2)14-16-9-4-3-5-10-16/h16-17,19H,1,3-14H2,2H3. The van der Waals surface area contributed by atoms with Crippen LogP contribution in [-0.4, -0.2) is 37.0 Å². The molecule has 1 unspecified atom stereocenters. The molecule has 2 fully saturated rings. The molecule has 1 atom stereocenters. The third-order valence-corrected chi connectivity index (χ3v) is 5.15. The number of hydrogen-bond donors (Lipinski definition) is 1. The van der Waals surface area contributed by atoms with E-state index >= 15 is 0 Å². The Labute approximate surface area is 130 Å². The predicted molar refractivity (Wildman–Crippen MR) is 88.2 cm³/mol. The Balaban J connectivity index is 1.62. The summed E-state index contributed by atoms with van der Waals surface area (Å²) in [7, 11) is 1.97. The van der Waals surface area contributed by atoms with Crippen LogP contribution in [-0.2, 0) is 4.79 Å². The first-order valence-corrected chi connectivity index (χ1v) is 8.82. The van der Waals surface area contributed by atoms with Gasteiger partial charge in [0.05, 0.1) is 0 Å². The zero-order chi connectivity index (χ0) is 15.1. The molecule has 1 N–H and O–H groups in total. The Hall–Kier alpha value is -0.830. The van der Waals surface area contributed by atoms with Gasteiger partial charge in [-0.25, -0.2) is 0 Å². The Morgan fingerprint density at radius 1 is 1.19 bits per heavy atom. The molecule has 0 radical (unpaired) electrons. The van der Waals surface area contributed by atoms with Gasteiger partial charge in [0.15, 0.2) is 0 Å². The van der Waals surface area contributed by atoms with E-state index in [1.165, 1.54) is 56.9 Å². The molecule has 3 nitrogen and oxygen atoms in total. The summed E-state index contributed by atoms with van der Waals surface area (Å²) in [6, 6.07) is 0.440. The fourth-order valence-corrected chi connectivity index (χ4v) is 3.73. The molecule has 0 aromatic rings. The maximum Gasteiger partial charge on any atom is 0.223 e. The maximum atomic E-state index is 12.2. The lowest BCUT2D eigenvalue weighted by molar-refractivity contribution is -0.130. The summed E-state index contributed by atoms with van der Waals surface area (Å²) in [5.41, 5.74) is 1.32. The van der Waals surface area contributed by atoms with Crippen LogP contribution in [0.5, 0.6) is 0 Å². The van der Waals surface area contributed by atoms with Gasteiger partial charge in [0.1, 0.15) is 0 Å². The summed E-state index contributed by atoms with van der Waals surface area (Å²) in [6.45, 7) is 5.89. The Morgan fingerprint density at radius 3 is 2.62 bits per heavy atom. The lowest BCUT2D eigenvalue weighted by Crippen LogP contribution is -2.37. The number of amides is 1. The quantitative estimate of drug-likeness (QED) is 0.760. The van der Waals surface area contributed by atoms with E-state index in [0.717, 1.165) is 25.4 Å². The van der Waals surface area contributed by atoms with E-state index < -0.39 is 0 Å². The molecule has 0 aromatic carbocycles. The molecule has 0 aliphatic heterocycles. The normalized spacial score (nSPS) is 24.0. The van der Waals surface area contributed by atoms with Crippen molar-refractivity contribution in [3.8, 4) is 0 Å². The third kappa shape index (κ3) is 5.46. The second kappa shape index (κ2) is 8.57. The van der Waals surface area contributed by atoms with Gasteiger partial charge in [-0.15, -0.1) is 0 Å². The van der Waals surface area contributed by atoms with Gasteiger partial charge in [-0.2, -0.15) is 0 Å². The largest absolute Gasteiger partial charge is 0.345 e. The molecule has 21 heavy (non-hydrogen) atoms. The lowest BCUT2D eigenvalue weighted by atomic mass is 9.89. The van der Waals surface area contributed by atoms with Gasteiger partial charge >= 0.3 is 0 Å². The monoisotopic (exact) mass is 292 g/mol. The van der Waals surface area contributed by atoms with Gasteiger partial charge in [0.25, 0.3) is 0 Å². The van der Waals surface area contributed by atoms with Gasteiger partial charge in [0.2, 0.25) is 5.91 Å². The molecule has 0 spiro atoms. The van der Waals surface area contributed by atoms with E-state index in [-0.39, 0.29) is 5.91 Å². The van der Waals surface area contributed by atoms with E-state index in [1.807, 2.05) is 11.9 Å². The molecule has 0 bridgehead atoms. The SMILES string of the molecule is C=C1CCCCC1NCCC(=O)N(C)CC1CCCCC1. The van der Waals surface area contributed by atoms with Crippen molar-refractivity contribution in [1.29, 1.82) is 0 Å². The highest BCUT2D eigenvalue weighted by molar-refractivity contribution is 5.76. The van der Waals surface area contributed by atoms with Crippen molar-refractivity contribution in [3.63, 3.8) is 0 Å². The zero-order valence-electron chi connectivity index (χ0n) is 13.7. The molecule has 2 rings (SSSR count). The first-order valence-electron chi connectivity index (χ1n) is 8.82. The molecule has 1 amide bonds. The van der Waals surface area contributed by atoms with Crippen molar-refractivity contribution in [3.05, 3.63) is 12.2 Å². The fourth-order valence-electron chi connectivity index (χ4n) is 3.73. The van der Waals surface area contributed by atoms with Gasteiger partial charge in [0, 0.05) is 32.6 Å². The maximum absolute atomic E-state index is 12.2. The van der Waals surface area contributed by atoms with Crippen molar-refractivity contribution in [2.45, 2.75) is 70.3 Å². The Bertz CT molecular complexity index is 347. The molecule has 120 valence electrons. The Morgan fingerprint density at radius 2 is 1.90 bits per heavy atom. The van der Waals surface area contributed by atoms with Crippen molar-refractivity contribution in [2.75, 3.05) is 20.1 Å². The molecule has 0 saturated heterocycles. The van der Waals surface area contributed by atoms with Crippen LogP contribution in [0.1, 0.15) is 64.2 Å². The first kappa shape index (κ1) is 16.5. The van der Waals surface area contributed by atoms with Crippen LogP contribution in [0.4, 0.5) is 0 Å². The van der Waals surface area contributed by atoms with Crippen molar-refractivity contribution in [2.24, 2.45) is 5.92 Å². The fraction of sp³-hybridized carbons (Fsp3) is 0.833. The van der Waals surface area contributed by atoms with Crippen LogP contribution in [0.15, 0.2) is 12.2 Å². The van der Waals surface area contributed by atoms with Gasteiger partial charge < -0.3 is 10.2 Å². The summed E-state index contributed by atoms with van der Waals surface area (Å²) in [5, 5.41) is 3.51. The topological polar surface area (TPSA) is 32.3 Å². The van der Waals surface area contributed by atoms with Crippen molar-refractivity contribution >= 4 is 5.91 Å². The van der Waals surface area contributed by atoms with Crippen LogP contribution in [0.3, 0.4) is 0 Å². The number of nitrogens with one attached hydrogen (secondary N) is 1. The highest BCUT2D eigenvalue weighted by Gasteiger charge is 2.19. The van der Waals surface area contributed by atoms with E-state index in [2.05, 4.69) is 11.9 Å². The van der Waals surface area contributed by atoms with Gasteiger partial charge in [-0.1, -0.05) is 37.8 Å². The second-order valence-electron chi connectivity index (χ2n) is 6.94. The molecule has 2 saturated carbocycles. The van der Waals surface area contributed by atoms with Crippen molar-refractivity contribution < 1.29 is 4.79 Å². The summed E-state index contributed by atoms with van der Waals surface area (Å²) >= 11 is 0. The zero-order valence-corrected chi connectivity index (χ0v) is 13.7. The van der Waals surface area contributed by atoms with E-state index in [1.54, 1.807) is 0 Å². The number of hydrogen-bond acceptors (Lipinski definition) is 2. The van der Waals surface area contributed by atoms with Crippen molar-refractivity contribution in [1.82, 2.24) is 10.2 Å². The molecular weight excluding hydrogens is 260 g/mol. The summed E-state index contributed by atoms with van der Waals surface area (Å²) in [5.74, 6) is 1.02. The second-order valence-corrected chi connectivity index (χ2v) is 6.94. The summed E-state index contributed by atoms with van der Waals surface area (Å²) in [6.07, 6.45) is 12.2. The van der Waals surface area contributed by atoms with Crippen LogP contribution in [0.25, 0.3) is 0 Å². The van der Waals surface area contributed by atoms with Crippen LogP contribution >= 0.6 is 0 Å². The predicted octanol–water partition coefficient (Wildman–Crippen LogP) is 3.50. The lowest BCUT2D eigenvalue weighted by Gasteiger charge is -2.28. The number of carbonyl (C=O) groups excluding carboxylic acids is 1. The van der Waals surface area contributed by atoms with Crippen LogP contribution in [0.2, 0.25) is 0 Å². The van der Waals surface area contributed by atoms with E-state index in [4.69, 9.17) is 0 Å². The van der Waals surface area contributed by atoms with Gasteiger partial charge in [-0.05, 0) is 38.0 Å². The molecule has 0 heterocycles. The van der Waals surface area contributed by atoms with Gasteiger partial charge in [-0.3, -0.25) is 4.79 Å². The first-order chi connectivity index (χ1) is 10.2. The summed E-state index contributed by atoms with van der Waals surface area (Å²) < 4.78 is 0. The van der Waals surface area contributed by atoms with E-state index in [9.17, 15) is 4.79 Å². The molecular formula is C18H32N2O. The van der Waals surface area contributed by atoms with Crippen LogP contribution < -0.4 is 5.32 Å². The Kier molecular flexibility index (Phi) is 6.75. The minimum Gasteiger partial charge on any atom is -0.345 e. The smallest absolute Gasteiger partial charge is 0.223 e. The number of carbonyl (C=O) groups is 1. The minimum atomic E-state index is 0.287. The van der Waals surface area contributed by atoms with Crippen LogP contribution in [0, 0.1) is 5.92 Å². The highest BCUT2D eigenvalue weighted by atomic mass is 16.2. The average Bonchev–Trinajstić information content (AvgIpc) is 2.50. The number of rotatable bonds is 6. The molecule has 0 aromatic heterocycles. The molecule has 2 aliphatic carbocycles. The summed E-state index contributed by atoms with van der Waals surface area (Å²) in [4.78, 5) is 14.2. The number of nitrogens with zero attached hydrogens (tertiary/aromatic N) is 1. The highest BCUT2D eigenvalue weighted by Crippen LogP contribution is 2.24.